The number of amides is 1. The molecular weight excluding hydrogens is 343 g/mol. The van der Waals surface area contributed by atoms with Gasteiger partial charge >= 0.3 is 0 Å². The average Bonchev–Trinajstić information content (AvgIpc) is 3.03. The molecule has 1 N–H and O–H groups in total. The van der Waals surface area contributed by atoms with Crippen LogP contribution in [0.5, 0.6) is 0 Å². The van der Waals surface area contributed by atoms with E-state index in [1.165, 1.54) is 12.1 Å². The number of nitrogens with zero attached hydrogens (tertiary/aromatic N) is 3. The number of halogens is 1. The van der Waals surface area contributed by atoms with Gasteiger partial charge in [-0.25, -0.2) is 13.9 Å². The quantitative estimate of drug-likeness (QED) is 0.750. The van der Waals surface area contributed by atoms with Gasteiger partial charge in [-0.2, -0.15) is 5.10 Å². The van der Waals surface area contributed by atoms with Crippen LogP contribution in [0.1, 0.15) is 50.8 Å². The SMILES string of the molecule is CC(C)CNC(=O)c1cc(-c2cccc(F)c2)n2nc(C(C)(C)C)cc2n1. The summed E-state index contributed by atoms with van der Waals surface area (Å²) >= 11 is 0. The van der Waals surface area contributed by atoms with Crippen LogP contribution in [0.2, 0.25) is 0 Å². The standard InChI is InChI=1S/C21H25FN4O/c1-13(2)12-23-20(27)16-10-17(14-7-6-8-15(22)9-14)26-19(24-16)11-18(25-26)21(3,4)5/h6-11,13H,12H2,1-5H3,(H,23,27). The van der Waals surface area contributed by atoms with Crippen LogP contribution < -0.4 is 5.32 Å². The van der Waals surface area contributed by atoms with Crippen LogP contribution in [0.15, 0.2) is 36.4 Å². The van der Waals surface area contributed by atoms with E-state index in [2.05, 4.69) is 36.2 Å². The molecule has 27 heavy (non-hydrogen) atoms. The Hall–Kier alpha value is -2.76. The van der Waals surface area contributed by atoms with Crippen molar-refractivity contribution in [3.8, 4) is 11.3 Å². The summed E-state index contributed by atoms with van der Waals surface area (Å²) in [5, 5.41) is 7.55. The van der Waals surface area contributed by atoms with Gasteiger partial charge in [-0.1, -0.05) is 46.8 Å². The molecular formula is C21H25FN4O. The van der Waals surface area contributed by atoms with Crippen LogP contribution in [0, 0.1) is 11.7 Å². The molecule has 0 bridgehead atoms. The van der Waals surface area contributed by atoms with Gasteiger partial charge in [0.1, 0.15) is 11.5 Å². The van der Waals surface area contributed by atoms with Gasteiger partial charge in [0.05, 0.1) is 11.4 Å². The first-order valence-corrected chi connectivity index (χ1v) is 9.10. The molecule has 0 saturated carbocycles. The van der Waals surface area contributed by atoms with Crippen molar-refractivity contribution < 1.29 is 9.18 Å². The van der Waals surface area contributed by atoms with Crippen molar-refractivity contribution in [2.24, 2.45) is 5.92 Å². The van der Waals surface area contributed by atoms with Gasteiger partial charge in [0.25, 0.3) is 5.91 Å². The highest BCUT2D eigenvalue weighted by atomic mass is 19.1. The van der Waals surface area contributed by atoms with Crippen LogP contribution >= 0.6 is 0 Å². The van der Waals surface area contributed by atoms with Crippen LogP contribution in [0.4, 0.5) is 4.39 Å². The minimum Gasteiger partial charge on any atom is -0.350 e. The summed E-state index contributed by atoms with van der Waals surface area (Å²) in [5.41, 5.74) is 2.81. The normalized spacial score (nSPS) is 12.0. The Balaban J connectivity index is 2.17. The molecule has 0 fully saturated rings. The molecule has 142 valence electrons. The van der Waals surface area contributed by atoms with Crippen molar-refractivity contribution in [2.75, 3.05) is 6.54 Å². The molecule has 3 rings (SSSR count). The van der Waals surface area contributed by atoms with E-state index in [-0.39, 0.29) is 17.1 Å². The largest absolute Gasteiger partial charge is 0.350 e. The van der Waals surface area contributed by atoms with E-state index in [1.54, 1.807) is 22.7 Å². The highest BCUT2D eigenvalue weighted by Gasteiger charge is 2.21. The van der Waals surface area contributed by atoms with Crippen molar-refractivity contribution in [2.45, 2.75) is 40.0 Å². The molecule has 6 heteroatoms. The smallest absolute Gasteiger partial charge is 0.270 e. The first-order valence-electron chi connectivity index (χ1n) is 9.10. The fourth-order valence-corrected chi connectivity index (χ4v) is 2.70. The van der Waals surface area contributed by atoms with E-state index < -0.39 is 0 Å². The number of hydrogen-bond acceptors (Lipinski definition) is 3. The highest BCUT2D eigenvalue weighted by Crippen LogP contribution is 2.26. The van der Waals surface area contributed by atoms with Crippen molar-refractivity contribution in [3.05, 3.63) is 53.6 Å². The van der Waals surface area contributed by atoms with Crippen molar-refractivity contribution in [1.29, 1.82) is 0 Å². The summed E-state index contributed by atoms with van der Waals surface area (Å²) < 4.78 is 15.5. The second-order valence-corrected chi connectivity index (χ2v) is 8.19. The van der Waals surface area contributed by atoms with Crippen LogP contribution in [0.25, 0.3) is 16.9 Å². The van der Waals surface area contributed by atoms with E-state index in [9.17, 15) is 9.18 Å². The summed E-state index contributed by atoms with van der Waals surface area (Å²) in [6, 6.07) is 9.80. The number of carbonyl (C=O) groups is 1. The molecule has 2 aromatic heterocycles. The van der Waals surface area contributed by atoms with Gasteiger partial charge in [-0.05, 0) is 24.1 Å². The first-order chi connectivity index (χ1) is 12.6. The lowest BCUT2D eigenvalue weighted by Gasteiger charge is -2.13. The Labute approximate surface area is 158 Å². The minimum atomic E-state index is -0.341. The predicted molar refractivity (Wildman–Crippen MR) is 104 cm³/mol. The molecule has 0 aliphatic heterocycles. The first kappa shape index (κ1) is 19.0. The Morgan fingerprint density at radius 2 is 1.96 bits per heavy atom. The molecule has 0 spiro atoms. The Morgan fingerprint density at radius 3 is 2.59 bits per heavy atom. The predicted octanol–water partition coefficient (Wildman–Crippen LogP) is 4.22. The second kappa shape index (κ2) is 7.10. The molecule has 0 unspecified atom stereocenters. The van der Waals surface area contributed by atoms with Gasteiger partial charge in [0.2, 0.25) is 0 Å². The van der Waals surface area contributed by atoms with Gasteiger partial charge in [0.15, 0.2) is 5.65 Å². The molecule has 2 heterocycles. The summed E-state index contributed by atoms with van der Waals surface area (Å²) in [4.78, 5) is 17.1. The molecule has 0 aliphatic rings. The lowest BCUT2D eigenvalue weighted by atomic mass is 9.93. The maximum Gasteiger partial charge on any atom is 0.270 e. The maximum absolute atomic E-state index is 13.8. The van der Waals surface area contributed by atoms with Crippen molar-refractivity contribution >= 4 is 11.6 Å². The molecule has 5 nitrogen and oxygen atoms in total. The van der Waals surface area contributed by atoms with Gasteiger partial charge < -0.3 is 5.32 Å². The zero-order chi connectivity index (χ0) is 19.8. The highest BCUT2D eigenvalue weighted by molar-refractivity contribution is 5.94. The molecule has 0 atom stereocenters. The fraction of sp³-hybridized carbons (Fsp3) is 0.381. The zero-order valence-electron chi connectivity index (χ0n) is 16.4. The van der Waals surface area contributed by atoms with Gasteiger partial charge in [-0.15, -0.1) is 0 Å². The average molecular weight is 368 g/mol. The second-order valence-electron chi connectivity index (χ2n) is 8.19. The Morgan fingerprint density at radius 1 is 1.22 bits per heavy atom. The Bertz CT molecular complexity index is 986. The van der Waals surface area contributed by atoms with E-state index >= 15 is 0 Å². The monoisotopic (exact) mass is 368 g/mol. The number of fused-ring (bicyclic) bond motifs is 1. The van der Waals surface area contributed by atoms with Gasteiger partial charge in [0, 0.05) is 23.6 Å². The molecule has 3 aromatic rings. The van der Waals surface area contributed by atoms with Crippen LogP contribution in [-0.4, -0.2) is 27.0 Å². The Kier molecular flexibility index (Phi) is 5.00. The van der Waals surface area contributed by atoms with Crippen molar-refractivity contribution in [3.63, 3.8) is 0 Å². The third-order valence-corrected chi connectivity index (χ3v) is 4.22. The number of benzene rings is 1. The lowest BCUT2D eigenvalue weighted by Crippen LogP contribution is -2.28. The zero-order valence-corrected chi connectivity index (χ0v) is 16.4. The maximum atomic E-state index is 13.8. The topological polar surface area (TPSA) is 59.3 Å². The molecule has 0 saturated heterocycles. The molecule has 0 radical (unpaired) electrons. The number of carbonyl (C=O) groups excluding carboxylic acids is 1. The summed E-state index contributed by atoms with van der Waals surface area (Å²) in [7, 11) is 0. The number of hydrogen-bond donors (Lipinski definition) is 1. The number of nitrogens with one attached hydrogen (secondary N) is 1. The van der Waals surface area contributed by atoms with Crippen LogP contribution in [-0.2, 0) is 5.41 Å². The summed E-state index contributed by atoms with van der Waals surface area (Å²) in [6.07, 6.45) is 0. The molecule has 0 aliphatic carbocycles. The number of rotatable bonds is 4. The third kappa shape index (κ3) is 4.15. The van der Waals surface area contributed by atoms with E-state index in [4.69, 9.17) is 0 Å². The third-order valence-electron chi connectivity index (χ3n) is 4.22. The molecule has 1 amide bonds. The van der Waals surface area contributed by atoms with E-state index in [0.717, 1.165) is 5.69 Å². The van der Waals surface area contributed by atoms with Crippen molar-refractivity contribution in [1.82, 2.24) is 19.9 Å². The fourth-order valence-electron chi connectivity index (χ4n) is 2.70. The van der Waals surface area contributed by atoms with E-state index in [0.29, 0.717) is 35.1 Å². The summed E-state index contributed by atoms with van der Waals surface area (Å²) in [6.45, 7) is 10.8. The van der Waals surface area contributed by atoms with Gasteiger partial charge in [-0.3, -0.25) is 4.79 Å². The lowest BCUT2D eigenvalue weighted by molar-refractivity contribution is 0.0944. The van der Waals surface area contributed by atoms with Crippen LogP contribution in [0.3, 0.4) is 0 Å². The minimum absolute atomic E-state index is 0.174. The molecule has 1 aromatic carbocycles. The number of aromatic nitrogens is 3. The van der Waals surface area contributed by atoms with E-state index in [1.807, 2.05) is 19.9 Å². The summed E-state index contributed by atoms with van der Waals surface area (Å²) in [5.74, 6) is -0.253.